The van der Waals surface area contributed by atoms with Crippen molar-refractivity contribution in [3.05, 3.63) is 29.6 Å². The summed E-state index contributed by atoms with van der Waals surface area (Å²) in [6.45, 7) is 3.57. The minimum atomic E-state index is -4.33. The molecule has 1 rings (SSSR count). The Morgan fingerprint density at radius 3 is 2.38 bits per heavy atom. The van der Waals surface area contributed by atoms with Crippen LogP contribution in [0.5, 0.6) is 5.75 Å². The number of ether oxygens (including phenoxy) is 1. The van der Waals surface area contributed by atoms with Gasteiger partial charge in [-0.1, -0.05) is 13.0 Å². The molecule has 120 valence electrons. The maximum absolute atomic E-state index is 13.7. The lowest BCUT2D eigenvalue weighted by Crippen LogP contribution is -2.28. The fourth-order valence-electron chi connectivity index (χ4n) is 1.58. The van der Waals surface area contributed by atoms with Crippen molar-refractivity contribution in [3.8, 4) is 5.75 Å². The summed E-state index contributed by atoms with van der Waals surface area (Å²) in [5, 5.41) is 9.53. The van der Waals surface area contributed by atoms with Crippen LogP contribution in [0.2, 0.25) is 0 Å². The van der Waals surface area contributed by atoms with E-state index in [4.69, 9.17) is 4.74 Å². The summed E-state index contributed by atoms with van der Waals surface area (Å²) in [6.07, 6.45) is -6.84. The molecule has 2 nitrogen and oxygen atoms in total. The molecule has 0 aliphatic heterocycles. The zero-order chi connectivity index (χ0) is 16.2. The smallest absolute Gasteiger partial charge is 0.310 e. The normalized spacial score (nSPS) is 15.1. The fourth-order valence-corrected chi connectivity index (χ4v) is 1.58. The summed E-state index contributed by atoms with van der Waals surface area (Å²) >= 11 is 0. The van der Waals surface area contributed by atoms with E-state index in [9.17, 15) is 27.1 Å². The molecule has 0 fully saturated rings. The van der Waals surface area contributed by atoms with Crippen LogP contribution in [0, 0.1) is 5.82 Å². The minimum absolute atomic E-state index is 0.0825. The second-order valence-corrected chi connectivity index (χ2v) is 4.81. The average Bonchev–Trinajstić information content (AvgIpc) is 2.40. The highest BCUT2D eigenvalue weighted by Crippen LogP contribution is 2.34. The summed E-state index contributed by atoms with van der Waals surface area (Å²) < 4.78 is 68.8. The highest BCUT2D eigenvalue weighted by atomic mass is 19.3. The second-order valence-electron chi connectivity index (χ2n) is 4.81. The highest BCUT2D eigenvalue weighted by Gasteiger charge is 2.42. The first-order chi connectivity index (χ1) is 9.67. The van der Waals surface area contributed by atoms with Crippen molar-refractivity contribution in [1.29, 1.82) is 0 Å². The topological polar surface area (TPSA) is 29.5 Å². The molecule has 0 aliphatic carbocycles. The van der Waals surface area contributed by atoms with E-state index in [1.54, 1.807) is 6.92 Å². The van der Waals surface area contributed by atoms with E-state index >= 15 is 0 Å². The van der Waals surface area contributed by atoms with Gasteiger partial charge < -0.3 is 9.84 Å². The molecule has 0 bridgehead atoms. The average molecular weight is 312 g/mol. The lowest BCUT2D eigenvalue weighted by Gasteiger charge is -2.20. The van der Waals surface area contributed by atoms with Gasteiger partial charge in [0.1, 0.15) is 0 Å². The monoisotopic (exact) mass is 312 g/mol. The summed E-state index contributed by atoms with van der Waals surface area (Å²) in [7, 11) is 0. The van der Waals surface area contributed by atoms with Gasteiger partial charge in [0.15, 0.2) is 11.6 Å². The SMILES string of the molecule is CCC(C)Oc1ccc(C(O)CC(F)(F)C(F)F)cc1F. The van der Waals surface area contributed by atoms with Gasteiger partial charge >= 0.3 is 12.3 Å². The number of halogens is 5. The van der Waals surface area contributed by atoms with Gasteiger partial charge in [-0.2, -0.15) is 0 Å². The minimum Gasteiger partial charge on any atom is -0.488 e. The zero-order valence-electron chi connectivity index (χ0n) is 11.6. The summed E-state index contributed by atoms with van der Waals surface area (Å²) in [5.41, 5.74) is -0.204. The van der Waals surface area contributed by atoms with Crippen molar-refractivity contribution in [2.24, 2.45) is 0 Å². The first kappa shape index (κ1) is 17.7. The van der Waals surface area contributed by atoms with E-state index in [0.29, 0.717) is 6.42 Å². The number of rotatable bonds is 7. The number of aliphatic hydroxyl groups excluding tert-OH is 1. The van der Waals surface area contributed by atoms with E-state index in [1.807, 2.05) is 6.92 Å². The lowest BCUT2D eigenvalue weighted by atomic mass is 10.0. The van der Waals surface area contributed by atoms with Gasteiger partial charge in [0, 0.05) is 6.42 Å². The molecule has 0 saturated heterocycles. The first-order valence-corrected chi connectivity index (χ1v) is 6.47. The summed E-state index contributed by atoms with van der Waals surface area (Å²) in [4.78, 5) is 0. The van der Waals surface area contributed by atoms with Crippen LogP contribution in [-0.4, -0.2) is 23.6 Å². The van der Waals surface area contributed by atoms with E-state index in [0.717, 1.165) is 6.07 Å². The number of benzene rings is 1. The molecule has 0 aliphatic rings. The van der Waals surface area contributed by atoms with Crippen molar-refractivity contribution < 1.29 is 31.8 Å². The largest absolute Gasteiger partial charge is 0.488 e. The second kappa shape index (κ2) is 7.06. The van der Waals surface area contributed by atoms with Crippen molar-refractivity contribution in [2.75, 3.05) is 0 Å². The lowest BCUT2D eigenvalue weighted by molar-refractivity contribution is -0.149. The molecule has 0 radical (unpaired) electrons. The number of hydrogen-bond acceptors (Lipinski definition) is 2. The predicted molar refractivity (Wildman–Crippen MR) is 67.3 cm³/mol. The van der Waals surface area contributed by atoms with Gasteiger partial charge in [0.2, 0.25) is 0 Å². The van der Waals surface area contributed by atoms with Crippen LogP contribution < -0.4 is 4.74 Å². The summed E-state index contributed by atoms with van der Waals surface area (Å²) in [6, 6.07) is 3.16. The maximum atomic E-state index is 13.7. The van der Waals surface area contributed by atoms with Crippen molar-refractivity contribution in [3.63, 3.8) is 0 Å². The molecular weight excluding hydrogens is 295 g/mol. The third-order valence-corrected chi connectivity index (χ3v) is 3.03. The van der Waals surface area contributed by atoms with E-state index in [1.165, 1.54) is 12.1 Å². The number of alkyl halides is 4. The Bertz CT molecular complexity index is 465. The molecule has 2 atom stereocenters. The first-order valence-electron chi connectivity index (χ1n) is 6.47. The molecule has 7 heteroatoms. The molecule has 0 spiro atoms. The Morgan fingerprint density at radius 2 is 1.90 bits per heavy atom. The van der Waals surface area contributed by atoms with Crippen LogP contribution in [-0.2, 0) is 0 Å². The molecule has 1 N–H and O–H groups in total. The van der Waals surface area contributed by atoms with Crippen molar-refractivity contribution >= 4 is 0 Å². The molecule has 1 aromatic carbocycles. The molecule has 21 heavy (non-hydrogen) atoms. The standard InChI is InChI=1S/C14H17F5O2/c1-3-8(2)21-12-5-4-9(6-10(12)15)11(20)7-14(18,19)13(16)17/h4-6,8,11,13,20H,3,7H2,1-2H3. The Labute approximate surface area is 119 Å². The van der Waals surface area contributed by atoms with Crippen LogP contribution in [0.4, 0.5) is 22.0 Å². The van der Waals surface area contributed by atoms with Crippen LogP contribution in [0.15, 0.2) is 18.2 Å². The number of aliphatic hydroxyl groups is 1. The Hall–Kier alpha value is -1.37. The summed E-state index contributed by atoms with van der Waals surface area (Å²) in [5.74, 6) is -5.25. The number of hydrogen-bond donors (Lipinski definition) is 1. The molecular formula is C14H17F5O2. The zero-order valence-corrected chi connectivity index (χ0v) is 11.6. The van der Waals surface area contributed by atoms with Gasteiger partial charge in [-0.3, -0.25) is 0 Å². The maximum Gasteiger partial charge on any atom is 0.310 e. The van der Waals surface area contributed by atoms with Crippen LogP contribution in [0.3, 0.4) is 0 Å². The molecule has 2 unspecified atom stereocenters. The third kappa shape index (κ3) is 4.84. The molecule has 0 amide bonds. The molecule has 0 saturated carbocycles. The Kier molecular flexibility index (Phi) is 5.95. The quantitative estimate of drug-likeness (QED) is 0.760. The van der Waals surface area contributed by atoms with Crippen LogP contribution in [0.25, 0.3) is 0 Å². The van der Waals surface area contributed by atoms with E-state index < -0.39 is 30.7 Å². The Balaban J connectivity index is 2.83. The van der Waals surface area contributed by atoms with Crippen LogP contribution >= 0.6 is 0 Å². The molecule has 0 aromatic heterocycles. The molecule has 0 heterocycles. The van der Waals surface area contributed by atoms with Gasteiger partial charge in [-0.05, 0) is 31.0 Å². The van der Waals surface area contributed by atoms with Gasteiger partial charge in [0.25, 0.3) is 0 Å². The van der Waals surface area contributed by atoms with E-state index in [2.05, 4.69) is 0 Å². The van der Waals surface area contributed by atoms with E-state index in [-0.39, 0.29) is 17.4 Å². The van der Waals surface area contributed by atoms with Gasteiger partial charge in [0.05, 0.1) is 12.2 Å². The van der Waals surface area contributed by atoms with Crippen molar-refractivity contribution in [2.45, 2.75) is 51.2 Å². The third-order valence-electron chi connectivity index (χ3n) is 3.03. The fraction of sp³-hybridized carbons (Fsp3) is 0.571. The van der Waals surface area contributed by atoms with Gasteiger partial charge in [-0.15, -0.1) is 0 Å². The predicted octanol–water partition coefficient (Wildman–Crippen LogP) is 4.33. The highest BCUT2D eigenvalue weighted by molar-refractivity contribution is 5.30. The van der Waals surface area contributed by atoms with Crippen molar-refractivity contribution in [1.82, 2.24) is 0 Å². The Morgan fingerprint density at radius 1 is 1.29 bits per heavy atom. The van der Waals surface area contributed by atoms with Gasteiger partial charge in [-0.25, -0.2) is 22.0 Å². The molecule has 1 aromatic rings. The van der Waals surface area contributed by atoms with Crippen LogP contribution in [0.1, 0.15) is 38.4 Å².